The Balaban J connectivity index is 0.00000392. The molecule has 0 aliphatic carbocycles. The number of hydrogen-bond donors (Lipinski definition) is 1. The van der Waals surface area contributed by atoms with Crippen LogP contribution in [0.4, 0.5) is 0 Å². The van der Waals surface area contributed by atoms with Gasteiger partial charge in [0.05, 0.1) is 31.3 Å². The third-order valence-corrected chi connectivity index (χ3v) is 6.07. The number of piperazine rings is 1. The van der Waals surface area contributed by atoms with E-state index >= 15 is 0 Å². The lowest BCUT2D eigenvalue weighted by Crippen LogP contribution is -2.54. The zero-order chi connectivity index (χ0) is 19.7. The highest BCUT2D eigenvalue weighted by atomic mass is 127. The Kier molecular flexibility index (Phi) is 11.3. The van der Waals surface area contributed by atoms with Crippen molar-refractivity contribution in [1.82, 2.24) is 24.1 Å². The lowest BCUT2D eigenvalue weighted by molar-refractivity contribution is 0.0904. The quantitative estimate of drug-likeness (QED) is 0.290. The van der Waals surface area contributed by atoms with Crippen molar-refractivity contribution < 1.29 is 13.2 Å². The smallest absolute Gasteiger partial charge is 0.216 e. The molecule has 2 heterocycles. The molecule has 0 saturated carbocycles. The Hall–Kier alpha value is -0.920. The third-order valence-electron chi connectivity index (χ3n) is 4.24. The van der Waals surface area contributed by atoms with Crippen molar-refractivity contribution >= 4 is 40.0 Å². The van der Waals surface area contributed by atoms with Gasteiger partial charge in [0.2, 0.25) is 10.0 Å². The minimum Gasteiger partial charge on any atom is -0.378 e. The van der Waals surface area contributed by atoms with Crippen LogP contribution in [0.2, 0.25) is 0 Å². The van der Waals surface area contributed by atoms with E-state index in [4.69, 9.17) is 4.74 Å². The molecule has 1 aromatic rings. The van der Waals surface area contributed by atoms with Crippen LogP contribution in [0.5, 0.6) is 0 Å². The molecular weight excluding hydrogens is 495 g/mol. The fraction of sp³-hybridized carbons (Fsp3) is 0.765. The summed E-state index contributed by atoms with van der Waals surface area (Å²) in [6.45, 7) is 10.4. The van der Waals surface area contributed by atoms with E-state index in [1.54, 1.807) is 16.8 Å². The number of hydrogen-bond acceptors (Lipinski definition) is 5. The summed E-state index contributed by atoms with van der Waals surface area (Å²) in [5.41, 5.74) is 0. The number of nitrogens with zero attached hydrogens (tertiary/aromatic N) is 5. The maximum atomic E-state index is 12.4. The fourth-order valence-electron chi connectivity index (χ4n) is 2.81. The van der Waals surface area contributed by atoms with Gasteiger partial charge in [-0.15, -0.1) is 24.0 Å². The number of aliphatic imine (C=N–C) groups is 1. The van der Waals surface area contributed by atoms with E-state index in [1.165, 1.54) is 0 Å². The molecule has 162 valence electrons. The molecule has 0 amide bonds. The summed E-state index contributed by atoms with van der Waals surface area (Å²) in [7, 11) is -3.28. The molecule has 1 fully saturated rings. The molecule has 1 aliphatic rings. The van der Waals surface area contributed by atoms with Crippen molar-refractivity contribution in [3.8, 4) is 0 Å². The first-order valence-corrected chi connectivity index (χ1v) is 11.1. The van der Waals surface area contributed by atoms with Crippen LogP contribution in [0.25, 0.3) is 0 Å². The minimum atomic E-state index is -3.28. The number of imidazole rings is 1. The molecular formula is C17H33IN6O3S. The van der Waals surface area contributed by atoms with E-state index < -0.39 is 10.0 Å². The summed E-state index contributed by atoms with van der Waals surface area (Å²) in [6.07, 6.45) is 5.48. The first-order valence-electron chi connectivity index (χ1n) is 9.51. The van der Waals surface area contributed by atoms with E-state index in [1.807, 2.05) is 31.5 Å². The second-order valence-electron chi connectivity index (χ2n) is 6.66. The average Bonchev–Trinajstić information content (AvgIpc) is 3.14. The standard InChI is InChI=1S/C17H32N6O3S.HI/c1-4-19-17(20-6-8-21-7-5-18-15-21)22-9-11-23(12-10-22)27(24,25)14-13-26-16(2)3;/h5,7,15-16H,4,6,8-14H2,1-3H3,(H,19,20);1H. The zero-order valence-corrected chi connectivity index (χ0v) is 20.1. The molecule has 0 unspecified atom stereocenters. The number of aromatic nitrogens is 2. The maximum Gasteiger partial charge on any atom is 0.216 e. The van der Waals surface area contributed by atoms with Crippen LogP contribution in [-0.2, 0) is 21.3 Å². The minimum absolute atomic E-state index is 0. The summed E-state index contributed by atoms with van der Waals surface area (Å²) >= 11 is 0. The van der Waals surface area contributed by atoms with Crippen LogP contribution in [0, 0.1) is 0 Å². The Morgan fingerprint density at radius 1 is 1.29 bits per heavy atom. The van der Waals surface area contributed by atoms with Crippen molar-refractivity contribution in [1.29, 1.82) is 0 Å². The van der Waals surface area contributed by atoms with Gasteiger partial charge in [-0.1, -0.05) is 0 Å². The van der Waals surface area contributed by atoms with Crippen LogP contribution in [0.1, 0.15) is 20.8 Å². The summed E-state index contributed by atoms with van der Waals surface area (Å²) in [5.74, 6) is 0.863. The molecule has 9 nitrogen and oxygen atoms in total. The summed E-state index contributed by atoms with van der Waals surface area (Å²) < 4.78 is 33.8. The first kappa shape index (κ1) is 25.1. The van der Waals surface area contributed by atoms with E-state index in [9.17, 15) is 8.42 Å². The number of rotatable bonds is 9. The van der Waals surface area contributed by atoms with Crippen molar-refractivity contribution in [3.63, 3.8) is 0 Å². The van der Waals surface area contributed by atoms with Gasteiger partial charge in [0.1, 0.15) is 0 Å². The highest BCUT2D eigenvalue weighted by Gasteiger charge is 2.27. The largest absolute Gasteiger partial charge is 0.378 e. The van der Waals surface area contributed by atoms with E-state index in [2.05, 4.69) is 20.2 Å². The predicted octanol–water partition coefficient (Wildman–Crippen LogP) is 0.839. The first-order chi connectivity index (χ1) is 12.9. The maximum absolute atomic E-state index is 12.4. The van der Waals surface area contributed by atoms with Crippen LogP contribution in [-0.4, -0.2) is 90.9 Å². The molecule has 11 heteroatoms. The van der Waals surface area contributed by atoms with Gasteiger partial charge in [-0.3, -0.25) is 4.99 Å². The monoisotopic (exact) mass is 528 g/mol. The molecule has 0 bridgehead atoms. The predicted molar refractivity (Wildman–Crippen MR) is 122 cm³/mol. The zero-order valence-electron chi connectivity index (χ0n) is 17.0. The summed E-state index contributed by atoms with van der Waals surface area (Å²) in [6, 6.07) is 0. The average molecular weight is 528 g/mol. The van der Waals surface area contributed by atoms with E-state index in [-0.39, 0.29) is 42.4 Å². The van der Waals surface area contributed by atoms with Gasteiger partial charge in [-0.2, -0.15) is 4.31 Å². The second-order valence-corrected chi connectivity index (χ2v) is 8.75. The van der Waals surface area contributed by atoms with Crippen LogP contribution < -0.4 is 5.32 Å². The molecule has 1 aromatic heterocycles. The van der Waals surface area contributed by atoms with Gasteiger partial charge in [-0.05, 0) is 20.8 Å². The molecule has 2 rings (SSSR count). The van der Waals surface area contributed by atoms with Crippen molar-refractivity contribution in [3.05, 3.63) is 18.7 Å². The summed E-state index contributed by atoms with van der Waals surface area (Å²) in [4.78, 5) is 10.8. The molecule has 0 aromatic carbocycles. The molecule has 28 heavy (non-hydrogen) atoms. The van der Waals surface area contributed by atoms with Gasteiger partial charge >= 0.3 is 0 Å². The number of guanidine groups is 1. The van der Waals surface area contributed by atoms with Crippen molar-refractivity contribution in [2.24, 2.45) is 4.99 Å². The second kappa shape index (κ2) is 12.6. The Bertz CT molecular complexity index is 673. The van der Waals surface area contributed by atoms with E-state index in [0.717, 1.165) is 19.0 Å². The summed E-state index contributed by atoms with van der Waals surface area (Å²) in [5, 5.41) is 3.30. The third kappa shape index (κ3) is 8.21. The molecule has 1 aliphatic heterocycles. The van der Waals surface area contributed by atoms with Crippen molar-refractivity contribution in [2.45, 2.75) is 33.4 Å². The molecule has 1 saturated heterocycles. The molecule has 0 atom stereocenters. The molecule has 0 radical (unpaired) electrons. The van der Waals surface area contributed by atoms with Gasteiger partial charge in [0.15, 0.2) is 5.96 Å². The number of nitrogens with one attached hydrogen (secondary N) is 1. The van der Waals surface area contributed by atoms with Crippen LogP contribution >= 0.6 is 24.0 Å². The van der Waals surface area contributed by atoms with Crippen LogP contribution in [0.15, 0.2) is 23.7 Å². The topological polar surface area (TPSA) is 92.1 Å². The number of sulfonamides is 1. The highest BCUT2D eigenvalue weighted by molar-refractivity contribution is 14.0. The SMILES string of the molecule is CCNC(=NCCn1ccnc1)N1CCN(S(=O)(=O)CCOC(C)C)CC1.I. The lowest BCUT2D eigenvalue weighted by Gasteiger charge is -2.36. The Morgan fingerprint density at radius 3 is 2.57 bits per heavy atom. The van der Waals surface area contributed by atoms with Gasteiger partial charge in [0.25, 0.3) is 0 Å². The lowest BCUT2D eigenvalue weighted by atomic mass is 10.4. The van der Waals surface area contributed by atoms with Gasteiger partial charge < -0.3 is 19.5 Å². The Morgan fingerprint density at radius 2 is 2.00 bits per heavy atom. The number of halogens is 1. The molecule has 0 spiro atoms. The molecule has 1 N–H and O–H groups in total. The van der Waals surface area contributed by atoms with Crippen LogP contribution in [0.3, 0.4) is 0 Å². The van der Waals surface area contributed by atoms with E-state index in [0.29, 0.717) is 32.7 Å². The fourth-order valence-corrected chi connectivity index (χ4v) is 4.10. The highest BCUT2D eigenvalue weighted by Crippen LogP contribution is 2.09. The normalized spacial score (nSPS) is 16.3. The van der Waals surface area contributed by atoms with Crippen molar-refractivity contribution in [2.75, 3.05) is 51.6 Å². The van der Waals surface area contributed by atoms with Gasteiger partial charge in [0, 0.05) is 51.7 Å². The Labute approximate surface area is 185 Å². The van der Waals surface area contributed by atoms with Gasteiger partial charge in [-0.25, -0.2) is 13.4 Å². The number of ether oxygens (including phenoxy) is 1.